The molecule has 2 aromatic rings. The third kappa shape index (κ3) is 2.39. The number of fused-ring (bicyclic) bond motifs is 1. The molecule has 0 aromatic heterocycles. The molecule has 0 fully saturated rings. The van der Waals surface area contributed by atoms with Gasteiger partial charge >= 0.3 is 0 Å². The maximum atomic E-state index is 11.3. The van der Waals surface area contributed by atoms with Crippen LogP contribution in [-0.4, -0.2) is 9.85 Å². The number of benzene rings is 2. The molecule has 0 aliphatic carbocycles. The molecule has 7 nitrogen and oxygen atoms in total. The number of non-ortho nitro benzene ring substituents is 1. The van der Waals surface area contributed by atoms with E-state index in [1.165, 1.54) is 24.3 Å². The molecule has 22 heavy (non-hydrogen) atoms. The molecule has 1 heterocycles. The lowest BCUT2D eigenvalue weighted by atomic mass is 10.0. The second-order valence-electron chi connectivity index (χ2n) is 4.71. The van der Waals surface area contributed by atoms with Crippen molar-refractivity contribution in [2.45, 2.75) is 6.10 Å². The molecule has 7 heteroatoms. The largest absolute Gasteiger partial charge is 0.474 e. The van der Waals surface area contributed by atoms with Crippen molar-refractivity contribution in [2.75, 3.05) is 0 Å². The number of para-hydroxylation sites is 1. The minimum Gasteiger partial charge on any atom is -0.474 e. The summed E-state index contributed by atoms with van der Waals surface area (Å²) in [6.45, 7) is 0. The normalized spacial score (nSPS) is 16.2. The Morgan fingerprint density at radius 3 is 2.45 bits per heavy atom. The summed E-state index contributed by atoms with van der Waals surface area (Å²) in [6.07, 6.45) is 0.451. The summed E-state index contributed by atoms with van der Waals surface area (Å²) in [6, 6.07) is 12.6. The first-order valence-electron chi connectivity index (χ1n) is 6.42. The van der Waals surface area contributed by atoms with Gasteiger partial charge in [-0.15, -0.1) is 0 Å². The standard InChI is InChI=1S/C15H10N2O5/c18-16(19)12-6-3-5-11(8-12)15-13(17(20)21)9-10-4-1-2-7-14(10)22-15/h1-9,15H. The van der Waals surface area contributed by atoms with Gasteiger partial charge in [-0.05, 0) is 6.07 Å². The van der Waals surface area contributed by atoms with Crippen molar-refractivity contribution in [3.63, 3.8) is 0 Å². The van der Waals surface area contributed by atoms with Crippen LogP contribution in [0.2, 0.25) is 0 Å². The summed E-state index contributed by atoms with van der Waals surface area (Å²) < 4.78 is 5.69. The molecule has 0 N–H and O–H groups in total. The second-order valence-corrected chi connectivity index (χ2v) is 4.71. The first kappa shape index (κ1) is 13.7. The highest BCUT2D eigenvalue weighted by molar-refractivity contribution is 5.62. The van der Waals surface area contributed by atoms with Crippen molar-refractivity contribution in [1.29, 1.82) is 0 Å². The SMILES string of the molecule is O=[N+]([O-])C1=Cc2ccccc2OC1c1cccc([N+](=O)[O-])c1. The van der Waals surface area contributed by atoms with Gasteiger partial charge in [-0.25, -0.2) is 0 Å². The van der Waals surface area contributed by atoms with E-state index in [2.05, 4.69) is 0 Å². The number of rotatable bonds is 3. The molecule has 1 atom stereocenters. The molecule has 0 saturated carbocycles. The molecule has 1 aliphatic rings. The van der Waals surface area contributed by atoms with Gasteiger partial charge in [0.15, 0.2) is 0 Å². The molecule has 3 rings (SSSR count). The molecule has 1 unspecified atom stereocenters. The van der Waals surface area contributed by atoms with E-state index in [9.17, 15) is 20.2 Å². The van der Waals surface area contributed by atoms with E-state index in [1.54, 1.807) is 30.3 Å². The lowest BCUT2D eigenvalue weighted by Crippen LogP contribution is -2.19. The fraction of sp³-hybridized carbons (Fsp3) is 0.0667. The van der Waals surface area contributed by atoms with E-state index in [-0.39, 0.29) is 11.4 Å². The monoisotopic (exact) mass is 298 g/mol. The summed E-state index contributed by atoms with van der Waals surface area (Å²) >= 11 is 0. The topological polar surface area (TPSA) is 95.5 Å². The van der Waals surface area contributed by atoms with Gasteiger partial charge < -0.3 is 4.74 Å². The van der Waals surface area contributed by atoms with Crippen molar-refractivity contribution in [3.05, 3.63) is 85.6 Å². The van der Waals surface area contributed by atoms with Crippen LogP contribution >= 0.6 is 0 Å². The Kier molecular flexibility index (Phi) is 3.30. The average molecular weight is 298 g/mol. The third-order valence-corrected chi connectivity index (χ3v) is 3.33. The van der Waals surface area contributed by atoms with Gasteiger partial charge in [-0.2, -0.15) is 0 Å². The Hall–Kier alpha value is -3.22. The van der Waals surface area contributed by atoms with Crippen molar-refractivity contribution in [1.82, 2.24) is 0 Å². The Bertz CT molecular complexity index is 800. The van der Waals surface area contributed by atoms with Crippen molar-refractivity contribution in [3.8, 4) is 5.75 Å². The van der Waals surface area contributed by atoms with Crippen LogP contribution in [0.4, 0.5) is 5.69 Å². The van der Waals surface area contributed by atoms with Gasteiger partial charge in [0.1, 0.15) is 5.75 Å². The van der Waals surface area contributed by atoms with Gasteiger partial charge in [-0.1, -0.05) is 30.3 Å². The zero-order chi connectivity index (χ0) is 15.7. The first-order chi connectivity index (χ1) is 10.6. The van der Waals surface area contributed by atoms with E-state index < -0.39 is 16.0 Å². The summed E-state index contributed by atoms with van der Waals surface area (Å²) in [4.78, 5) is 21.1. The van der Waals surface area contributed by atoms with Crippen LogP contribution in [0.25, 0.3) is 6.08 Å². The molecule has 2 aromatic carbocycles. The number of nitro benzene ring substituents is 1. The smallest absolute Gasteiger partial charge is 0.291 e. The van der Waals surface area contributed by atoms with Crippen molar-refractivity contribution >= 4 is 11.8 Å². The lowest BCUT2D eigenvalue weighted by molar-refractivity contribution is -0.434. The molecule has 0 saturated heterocycles. The minimum absolute atomic E-state index is 0.136. The van der Waals surface area contributed by atoms with Crippen LogP contribution in [0.1, 0.15) is 17.2 Å². The highest BCUT2D eigenvalue weighted by Crippen LogP contribution is 2.38. The molecule has 0 bridgehead atoms. The van der Waals surface area contributed by atoms with Crippen LogP contribution in [0.3, 0.4) is 0 Å². The molecule has 0 radical (unpaired) electrons. The Morgan fingerprint density at radius 1 is 0.955 bits per heavy atom. The van der Waals surface area contributed by atoms with Crippen molar-refractivity contribution in [2.24, 2.45) is 0 Å². The van der Waals surface area contributed by atoms with Crippen LogP contribution in [-0.2, 0) is 0 Å². The highest BCUT2D eigenvalue weighted by atomic mass is 16.6. The predicted octanol–water partition coefficient (Wildman–Crippen LogP) is 3.35. The maximum Gasteiger partial charge on any atom is 0.291 e. The van der Waals surface area contributed by atoms with Crippen LogP contribution in [0.15, 0.2) is 54.2 Å². The van der Waals surface area contributed by atoms with Crippen molar-refractivity contribution < 1.29 is 14.6 Å². The highest BCUT2D eigenvalue weighted by Gasteiger charge is 2.33. The van der Waals surface area contributed by atoms with E-state index in [1.807, 2.05) is 0 Å². The summed E-state index contributed by atoms with van der Waals surface area (Å²) in [5, 5.41) is 22.2. The number of nitro groups is 2. The number of ether oxygens (including phenoxy) is 1. The average Bonchev–Trinajstić information content (AvgIpc) is 2.53. The number of hydrogen-bond acceptors (Lipinski definition) is 5. The van der Waals surface area contributed by atoms with E-state index >= 15 is 0 Å². The molecule has 110 valence electrons. The first-order valence-corrected chi connectivity index (χ1v) is 6.42. The Morgan fingerprint density at radius 2 is 1.73 bits per heavy atom. The van der Waals surface area contributed by atoms with Gasteiger partial charge in [0.2, 0.25) is 6.10 Å². The zero-order valence-corrected chi connectivity index (χ0v) is 11.2. The quantitative estimate of drug-likeness (QED) is 0.639. The Labute approximate surface area is 124 Å². The van der Waals surface area contributed by atoms with Gasteiger partial charge in [0, 0.05) is 29.3 Å². The number of nitrogens with zero attached hydrogens (tertiary/aromatic N) is 2. The van der Waals surface area contributed by atoms with E-state index in [4.69, 9.17) is 4.74 Å². The van der Waals surface area contributed by atoms with Crippen LogP contribution < -0.4 is 4.74 Å². The zero-order valence-electron chi connectivity index (χ0n) is 11.2. The fourth-order valence-electron chi connectivity index (χ4n) is 2.32. The molecular formula is C15H10N2O5. The van der Waals surface area contributed by atoms with Crippen LogP contribution in [0, 0.1) is 20.2 Å². The maximum absolute atomic E-state index is 11.3. The third-order valence-electron chi connectivity index (χ3n) is 3.33. The number of hydrogen-bond donors (Lipinski definition) is 0. The molecular weight excluding hydrogens is 288 g/mol. The van der Waals surface area contributed by atoms with Gasteiger partial charge in [0.05, 0.1) is 9.85 Å². The summed E-state index contributed by atoms with van der Waals surface area (Å²) in [7, 11) is 0. The molecule has 0 amide bonds. The fourth-order valence-corrected chi connectivity index (χ4v) is 2.32. The minimum atomic E-state index is -0.982. The second kappa shape index (κ2) is 5.28. The summed E-state index contributed by atoms with van der Waals surface area (Å²) in [5.41, 5.74) is 0.685. The van der Waals surface area contributed by atoms with Gasteiger partial charge in [-0.3, -0.25) is 20.2 Å². The summed E-state index contributed by atoms with van der Waals surface area (Å²) in [5.74, 6) is 0.504. The van der Waals surface area contributed by atoms with Crippen LogP contribution in [0.5, 0.6) is 5.75 Å². The van der Waals surface area contributed by atoms with Gasteiger partial charge in [0.25, 0.3) is 11.4 Å². The molecule has 0 spiro atoms. The van der Waals surface area contributed by atoms with E-state index in [0.717, 1.165) is 0 Å². The predicted molar refractivity (Wildman–Crippen MR) is 77.9 cm³/mol. The Balaban J connectivity index is 2.09. The lowest BCUT2D eigenvalue weighted by Gasteiger charge is -2.22. The van der Waals surface area contributed by atoms with E-state index in [0.29, 0.717) is 16.9 Å². The molecule has 1 aliphatic heterocycles.